The molecule has 0 fully saturated rings. The van der Waals surface area contributed by atoms with Crippen molar-refractivity contribution in [2.75, 3.05) is 18.1 Å². The number of rotatable bonds is 1. The number of nitrogens with zero attached hydrogens (tertiary/aromatic N) is 3. The average molecular weight is 153 g/mol. The van der Waals surface area contributed by atoms with Crippen molar-refractivity contribution in [2.24, 2.45) is 10.3 Å². The highest BCUT2D eigenvalue weighted by molar-refractivity contribution is 7.14. The van der Waals surface area contributed by atoms with Crippen LogP contribution >= 0.6 is 11.3 Å². The molecule has 4 heteroatoms. The maximum Gasteiger partial charge on any atom is 0.114 e. The molecule has 0 amide bonds. The van der Waals surface area contributed by atoms with Crippen LogP contribution in [-0.2, 0) is 0 Å². The van der Waals surface area contributed by atoms with Gasteiger partial charge in [-0.15, -0.1) is 11.3 Å². The molecule has 2 rings (SSSR count). The van der Waals surface area contributed by atoms with Gasteiger partial charge in [-0.3, -0.25) is 0 Å². The van der Waals surface area contributed by atoms with E-state index < -0.39 is 0 Å². The smallest absolute Gasteiger partial charge is 0.114 e. The van der Waals surface area contributed by atoms with E-state index in [2.05, 4.69) is 16.4 Å². The third-order valence-corrected chi connectivity index (χ3v) is 2.23. The quantitative estimate of drug-likeness (QED) is 0.606. The Hall–Kier alpha value is -0.900. The van der Waals surface area contributed by atoms with Crippen molar-refractivity contribution < 1.29 is 0 Å². The van der Waals surface area contributed by atoms with Gasteiger partial charge in [0, 0.05) is 0 Å². The first kappa shape index (κ1) is 5.85. The lowest BCUT2D eigenvalue weighted by Crippen LogP contribution is -2.11. The molecule has 2 heterocycles. The highest BCUT2D eigenvalue weighted by atomic mass is 32.1. The van der Waals surface area contributed by atoms with Gasteiger partial charge in [0.05, 0.1) is 13.1 Å². The Morgan fingerprint density at radius 3 is 3.20 bits per heavy atom. The molecule has 0 bridgehead atoms. The summed E-state index contributed by atoms with van der Waals surface area (Å²) in [6, 6.07) is 4.07. The molecule has 0 unspecified atom stereocenters. The molecule has 1 aromatic heterocycles. The van der Waals surface area contributed by atoms with E-state index in [1.807, 2.05) is 16.5 Å². The van der Waals surface area contributed by atoms with E-state index in [1.165, 1.54) is 5.00 Å². The van der Waals surface area contributed by atoms with Crippen LogP contribution < -0.4 is 5.01 Å². The van der Waals surface area contributed by atoms with Crippen LogP contribution in [0.4, 0.5) is 5.00 Å². The fraction of sp³-hybridized carbons (Fsp3) is 0.333. The normalized spacial score (nSPS) is 16.6. The Labute approximate surface area is 63.0 Å². The largest absolute Gasteiger partial charge is 0.235 e. The molecule has 52 valence electrons. The summed E-state index contributed by atoms with van der Waals surface area (Å²) in [4.78, 5) is 0. The van der Waals surface area contributed by atoms with E-state index in [1.54, 1.807) is 11.3 Å². The highest BCUT2D eigenvalue weighted by Crippen LogP contribution is 2.22. The Morgan fingerprint density at radius 1 is 1.60 bits per heavy atom. The Morgan fingerprint density at radius 2 is 2.60 bits per heavy atom. The zero-order valence-corrected chi connectivity index (χ0v) is 6.21. The lowest BCUT2D eigenvalue weighted by atomic mass is 10.6. The highest BCUT2D eigenvalue weighted by Gasteiger charge is 2.09. The summed E-state index contributed by atoms with van der Waals surface area (Å²) in [6.07, 6.45) is 0. The van der Waals surface area contributed by atoms with Crippen LogP contribution in [-0.4, -0.2) is 13.1 Å². The van der Waals surface area contributed by atoms with Crippen LogP contribution in [0.15, 0.2) is 27.9 Å². The number of anilines is 1. The van der Waals surface area contributed by atoms with Crippen LogP contribution in [0.2, 0.25) is 0 Å². The Bertz CT molecular complexity index is 229. The summed E-state index contributed by atoms with van der Waals surface area (Å²) in [7, 11) is 0. The van der Waals surface area contributed by atoms with Crippen LogP contribution in [0.3, 0.4) is 0 Å². The summed E-state index contributed by atoms with van der Waals surface area (Å²) in [5.41, 5.74) is 0. The number of thiophene rings is 1. The van der Waals surface area contributed by atoms with Gasteiger partial charge >= 0.3 is 0 Å². The first-order chi connectivity index (χ1) is 4.97. The maximum atomic E-state index is 3.95. The fourth-order valence-corrected chi connectivity index (χ4v) is 1.58. The van der Waals surface area contributed by atoms with Crippen molar-refractivity contribution in [1.82, 2.24) is 0 Å². The Kier molecular flexibility index (Phi) is 1.39. The van der Waals surface area contributed by atoms with Crippen LogP contribution in [0.25, 0.3) is 0 Å². The number of hydrogen-bond acceptors (Lipinski definition) is 4. The summed E-state index contributed by atoms with van der Waals surface area (Å²) in [5.74, 6) is 0. The van der Waals surface area contributed by atoms with Gasteiger partial charge in [0.1, 0.15) is 5.00 Å². The minimum atomic E-state index is 0.831. The fourth-order valence-electron chi connectivity index (χ4n) is 0.876. The molecule has 10 heavy (non-hydrogen) atoms. The molecule has 3 nitrogen and oxygen atoms in total. The van der Waals surface area contributed by atoms with Crippen molar-refractivity contribution in [3.05, 3.63) is 17.5 Å². The molecular weight excluding hydrogens is 146 g/mol. The molecule has 1 aliphatic rings. The molecule has 0 N–H and O–H groups in total. The standard InChI is InChI=1S/C6H7N3S/c1-2-6(10-5-1)9-4-3-7-8-9/h1-2,5H,3-4H2. The van der Waals surface area contributed by atoms with Gasteiger partial charge in [-0.1, -0.05) is 5.22 Å². The van der Waals surface area contributed by atoms with E-state index in [0.29, 0.717) is 0 Å². The van der Waals surface area contributed by atoms with Gasteiger partial charge in [0.2, 0.25) is 0 Å². The van der Waals surface area contributed by atoms with Crippen molar-refractivity contribution in [3.63, 3.8) is 0 Å². The maximum absolute atomic E-state index is 3.95. The third kappa shape index (κ3) is 0.903. The van der Waals surface area contributed by atoms with E-state index in [9.17, 15) is 0 Å². The second kappa shape index (κ2) is 2.38. The second-order valence-corrected chi connectivity index (χ2v) is 2.96. The van der Waals surface area contributed by atoms with Gasteiger partial charge in [-0.25, -0.2) is 5.01 Å². The molecule has 0 aliphatic carbocycles. The van der Waals surface area contributed by atoms with E-state index in [-0.39, 0.29) is 0 Å². The molecule has 0 saturated carbocycles. The molecule has 1 aromatic rings. The van der Waals surface area contributed by atoms with Crippen molar-refractivity contribution in [2.45, 2.75) is 0 Å². The average Bonchev–Trinajstić information content (AvgIpc) is 2.59. The first-order valence-corrected chi connectivity index (χ1v) is 4.03. The molecule has 0 radical (unpaired) electrons. The minimum Gasteiger partial charge on any atom is -0.235 e. The van der Waals surface area contributed by atoms with Crippen molar-refractivity contribution >= 4 is 16.3 Å². The molecular formula is C6H7N3S. The topological polar surface area (TPSA) is 28.0 Å². The zero-order chi connectivity index (χ0) is 6.81. The summed E-state index contributed by atoms with van der Waals surface area (Å²) >= 11 is 1.69. The molecule has 0 spiro atoms. The SMILES string of the molecule is c1csc(N2CCN=N2)c1. The summed E-state index contributed by atoms with van der Waals surface area (Å²) < 4.78 is 0. The lowest BCUT2D eigenvalue weighted by Gasteiger charge is -2.06. The third-order valence-electron chi connectivity index (χ3n) is 1.34. The summed E-state index contributed by atoms with van der Waals surface area (Å²) in [5, 5.41) is 13.0. The van der Waals surface area contributed by atoms with Gasteiger partial charge in [-0.05, 0) is 17.5 Å². The van der Waals surface area contributed by atoms with E-state index in [0.717, 1.165) is 13.1 Å². The van der Waals surface area contributed by atoms with Gasteiger partial charge < -0.3 is 0 Å². The van der Waals surface area contributed by atoms with Crippen LogP contribution in [0.5, 0.6) is 0 Å². The monoisotopic (exact) mass is 153 g/mol. The van der Waals surface area contributed by atoms with E-state index >= 15 is 0 Å². The Balaban J connectivity index is 2.20. The first-order valence-electron chi connectivity index (χ1n) is 3.15. The number of hydrogen-bond donors (Lipinski definition) is 0. The van der Waals surface area contributed by atoms with E-state index in [4.69, 9.17) is 0 Å². The molecule has 0 saturated heterocycles. The van der Waals surface area contributed by atoms with Crippen molar-refractivity contribution in [1.29, 1.82) is 0 Å². The molecule has 1 aliphatic heterocycles. The molecule has 0 atom stereocenters. The van der Waals surface area contributed by atoms with Gasteiger partial charge in [0.25, 0.3) is 0 Å². The molecule has 0 aromatic carbocycles. The second-order valence-electron chi connectivity index (χ2n) is 2.03. The van der Waals surface area contributed by atoms with Crippen LogP contribution in [0, 0.1) is 0 Å². The predicted molar refractivity (Wildman–Crippen MR) is 41.4 cm³/mol. The van der Waals surface area contributed by atoms with Crippen molar-refractivity contribution in [3.8, 4) is 0 Å². The predicted octanol–water partition coefficient (Wildman–Crippen LogP) is 1.94. The summed E-state index contributed by atoms with van der Waals surface area (Å²) in [6.45, 7) is 1.76. The zero-order valence-electron chi connectivity index (χ0n) is 5.40. The minimum absolute atomic E-state index is 0.831. The van der Waals surface area contributed by atoms with Gasteiger partial charge in [-0.2, -0.15) is 5.11 Å². The van der Waals surface area contributed by atoms with Crippen LogP contribution in [0.1, 0.15) is 0 Å². The lowest BCUT2D eigenvalue weighted by molar-refractivity contribution is 0.957. The van der Waals surface area contributed by atoms with Gasteiger partial charge in [0.15, 0.2) is 0 Å².